The second kappa shape index (κ2) is 9.97. The number of ether oxygens (including phenoxy) is 1. The number of nitrogens with zero attached hydrogens (tertiary/aromatic N) is 1. The first kappa shape index (κ1) is 20.8. The highest BCUT2D eigenvalue weighted by Gasteiger charge is 2.37. The number of esters is 1. The molecule has 0 saturated heterocycles. The Morgan fingerprint density at radius 2 is 1.74 bits per heavy atom. The fourth-order valence-electron chi connectivity index (χ4n) is 2.98. The van der Waals surface area contributed by atoms with Crippen LogP contribution in [0.3, 0.4) is 0 Å². The van der Waals surface area contributed by atoms with Gasteiger partial charge in [0.05, 0.1) is 5.92 Å². The molecule has 0 spiro atoms. The summed E-state index contributed by atoms with van der Waals surface area (Å²) in [4.78, 5) is 35.7. The molecule has 0 radical (unpaired) electrons. The highest BCUT2D eigenvalue weighted by atomic mass is 79.9. The molecule has 0 bridgehead atoms. The molecule has 27 heavy (non-hydrogen) atoms. The standard InChI is InChI=1S/C20H20BrNO5/c1-2-15(17(12-22(25)26)16-10-6-7-11-18(16)21)19(23)20(24)27-13-14-8-4-3-5-9-14/h3-11,15,17H,2,12-13H2,1H3/t15-,17-/m1/s1. The van der Waals surface area contributed by atoms with Crippen LogP contribution in [0.15, 0.2) is 59.1 Å². The van der Waals surface area contributed by atoms with Gasteiger partial charge < -0.3 is 4.74 Å². The molecule has 0 aliphatic rings. The van der Waals surface area contributed by atoms with E-state index in [1.165, 1.54) is 0 Å². The molecular weight excluding hydrogens is 414 g/mol. The lowest BCUT2D eigenvalue weighted by Gasteiger charge is -2.22. The molecule has 0 saturated carbocycles. The van der Waals surface area contributed by atoms with Gasteiger partial charge in [-0.2, -0.15) is 0 Å². The molecule has 7 heteroatoms. The quantitative estimate of drug-likeness (QED) is 0.256. The number of hydrogen-bond donors (Lipinski definition) is 0. The summed E-state index contributed by atoms with van der Waals surface area (Å²) in [5.74, 6) is -3.27. The Bertz CT molecular complexity index is 809. The van der Waals surface area contributed by atoms with Crippen LogP contribution < -0.4 is 0 Å². The van der Waals surface area contributed by atoms with E-state index in [4.69, 9.17) is 4.74 Å². The summed E-state index contributed by atoms with van der Waals surface area (Å²) in [6.45, 7) is 1.27. The summed E-state index contributed by atoms with van der Waals surface area (Å²) in [5, 5.41) is 11.2. The number of benzene rings is 2. The molecule has 0 heterocycles. The number of halogens is 1. The molecule has 6 nitrogen and oxygen atoms in total. The topological polar surface area (TPSA) is 86.5 Å². The monoisotopic (exact) mass is 433 g/mol. The second-order valence-corrected chi connectivity index (χ2v) is 6.94. The molecule has 0 fully saturated rings. The Hall–Kier alpha value is -2.54. The van der Waals surface area contributed by atoms with Crippen LogP contribution >= 0.6 is 15.9 Å². The highest BCUT2D eigenvalue weighted by Crippen LogP contribution is 2.33. The average molecular weight is 434 g/mol. The zero-order chi connectivity index (χ0) is 19.8. The van der Waals surface area contributed by atoms with Crippen molar-refractivity contribution in [2.45, 2.75) is 25.9 Å². The van der Waals surface area contributed by atoms with E-state index in [1.807, 2.05) is 6.07 Å². The molecule has 2 aromatic rings. The Balaban J connectivity index is 2.19. The summed E-state index contributed by atoms with van der Waals surface area (Å²) < 4.78 is 5.79. The summed E-state index contributed by atoms with van der Waals surface area (Å²) in [5.41, 5.74) is 1.39. The van der Waals surface area contributed by atoms with Gasteiger partial charge in [-0.3, -0.25) is 14.9 Å². The summed E-state index contributed by atoms with van der Waals surface area (Å²) in [6.07, 6.45) is 0.291. The van der Waals surface area contributed by atoms with Crippen LogP contribution in [0.4, 0.5) is 0 Å². The lowest BCUT2D eigenvalue weighted by Crippen LogP contribution is -2.33. The first-order chi connectivity index (χ1) is 12.9. The van der Waals surface area contributed by atoms with Crippen molar-refractivity contribution < 1.29 is 19.2 Å². The van der Waals surface area contributed by atoms with E-state index in [0.29, 0.717) is 16.5 Å². The number of Topliss-reactive ketones (excluding diaryl/α,β-unsaturated/α-hetero) is 1. The molecule has 0 aliphatic heterocycles. The van der Waals surface area contributed by atoms with Crippen molar-refractivity contribution in [2.24, 2.45) is 5.92 Å². The van der Waals surface area contributed by atoms with Crippen molar-refractivity contribution in [1.29, 1.82) is 0 Å². The lowest BCUT2D eigenvalue weighted by molar-refractivity contribution is -0.484. The van der Waals surface area contributed by atoms with E-state index in [1.54, 1.807) is 55.5 Å². The third-order valence-electron chi connectivity index (χ3n) is 4.33. The van der Waals surface area contributed by atoms with E-state index in [9.17, 15) is 19.7 Å². The van der Waals surface area contributed by atoms with E-state index in [0.717, 1.165) is 5.56 Å². The number of carbonyl (C=O) groups is 2. The van der Waals surface area contributed by atoms with E-state index in [2.05, 4.69) is 15.9 Å². The molecule has 2 aromatic carbocycles. The smallest absolute Gasteiger partial charge is 0.375 e. The minimum atomic E-state index is -0.967. The summed E-state index contributed by atoms with van der Waals surface area (Å²) in [7, 11) is 0. The largest absolute Gasteiger partial charge is 0.455 e. The molecule has 2 rings (SSSR count). The van der Waals surface area contributed by atoms with Gasteiger partial charge in [-0.15, -0.1) is 0 Å². The van der Waals surface area contributed by atoms with Gasteiger partial charge in [-0.05, 0) is 23.6 Å². The number of hydrogen-bond acceptors (Lipinski definition) is 5. The van der Waals surface area contributed by atoms with Gasteiger partial charge in [-0.1, -0.05) is 71.4 Å². The molecular formula is C20H20BrNO5. The maximum atomic E-state index is 12.7. The Morgan fingerprint density at radius 1 is 1.11 bits per heavy atom. The zero-order valence-corrected chi connectivity index (χ0v) is 16.4. The van der Waals surface area contributed by atoms with Crippen LogP contribution in [-0.4, -0.2) is 23.2 Å². The lowest BCUT2D eigenvalue weighted by atomic mass is 9.81. The number of nitro groups is 1. The number of rotatable bonds is 9. The Labute approximate surface area is 165 Å². The molecule has 0 aliphatic carbocycles. The maximum absolute atomic E-state index is 12.7. The van der Waals surface area contributed by atoms with Gasteiger partial charge in [-0.25, -0.2) is 4.79 Å². The SMILES string of the molecule is CC[C@@H](C(=O)C(=O)OCc1ccccc1)[C@@H](C[N+](=O)[O-])c1ccccc1Br. The van der Waals surface area contributed by atoms with Gasteiger partial charge in [0.25, 0.3) is 0 Å². The van der Waals surface area contributed by atoms with Crippen LogP contribution in [0, 0.1) is 16.0 Å². The molecule has 0 unspecified atom stereocenters. The molecule has 142 valence electrons. The van der Waals surface area contributed by atoms with Crippen LogP contribution in [-0.2, 0) is 20.9 Å². The van der Waals surface area contributed by atoms with Crippen molar-refractivity contribution >= 4 is 27.7 Å². The average Bonchev–Trinajstić information content (AvgIpc) is 2.66. The Morgan fingerprint density at radius 3 is 2.33 bits per heavy atom. The Kier molecular flexibility index (Phi) is 7.67. The fraction of sp³-hybridized carbons (Fsp3) is 0.300. The van der Waals surface area contributed by atoms with Gasteiger partial charge in [0.15, 0.2) is 0 Å². The molecule has 0 amide bonds. The minimum Gasteiger partial charge on any atom is -0.455 e. The van der Waals surface area contributed by atoms with Crippen molar-refractivity contribution in [3.63, 3.8) is 0 Å². The first-order valence-corrected chi connectivity index (χ1v) is 9.34. The third kappa shape index (κ3) is 5.72. The van der Waals surface area contributed by atoms with E-state index in [-0.39, 0.29) is 6.61 Å². The minimum absolute atomic E-state index is 0.0171. The summed E-state index contributed by atoms with van der Waals surface area (Å²) in [6, 6.07) is 16.0. The predicted octanol–water partition coefficient (Wildman–Crippen LogP) is 4.15. The van der Waals surface area contributed by atoms with Crippen molar-refractivity contribution in [3.05, 3.63) is 80.3 Å². The zero-order valence-electron chi connectivity index (χ0n) is 14.8. The predicted molar refractivity (Wildman–Crippen MR) is 104 cm³/mol. The number of carbonyl (C=O) groups excluding carboxylic acids is 2. The highest BCUT2D eigenvalue weighted by molar-refractivity contribution is 9.10. The van der Waals surface area contributed by atoms with Crippen molar-refractivity contribution in [1.82, 2.24) is 0 Å². The molecule has 0 aromatic heterocycles. The first-order valence-electron chi connectivity index (χ1n) is 8.55. The van der Waals surface area contributed by atoms with Crippen LogP contribution in [0.1, 0.15) is 30.4 Å². The van der Waals surface area contributed by atoms with Gasteiger partial charge in [0.2, 0.25) is 12.3 Å². The van der Waals surface area contributed by atoms with E-state index < -0.39 is 35.1 Å². The fourth-order valence-corrected chi connectivity index (χ4v) is 3.56. The van der Waals surface area contributed by atoms with Crippen LogP contribution in [0.2, 0.25) is 0 Å². The molecule has 2 atom stereocenters. The van der Waals surface area contributed by atoms with Crippen LogP contribution in [0.5, 0.6) is 0 Å². The maximum Gasteiger partial charge on any atom is 0.375 e. The van der Waals surface area contributed by atoms with Crippen molar-refractivity contribution in [2.75, 3.05) is 6.54 Å². The third-order valence-corrected chi connectivity index (χ3v) is 5.05. The summed E-state index contributed by atoms with van der Waals surface area (Å²) >= 11 is 3.38. The van der Waals surface area contributed by atoms with Gasteiger partial charge in [0, 0.05) is 15.3 Å². The molecule has 0 N–H and O–H groups in total. The van der Waals surface area contributed by atoms with E-state index >= 15 is 0 Å². The van der Waals surface area contributed by atoms with Gasteiger partial charge in [0.1, 0.15) is 6.61 Å². The van der Waals surface area contributed by atoms with Gasteiger partial charge >= 0.3 is 5.97 Å². The normalized spacial score (nSPS) is 12.8. The van der Waals surface area contributed by atoms with Crippen molar-refractivity contribution in [3.8, 4) is 0 Å². The van der Waals surface area contributed by atoms with Crippen LogP contribution in [0.25, 0.3) is 0 Å². The number of ketones is 1. The second-order valence-electron chi connectivity index (χ2n) is 6.08.